The van der Waals surface area contributed by atoms with Crippen LogP contribution in [0.25, 0.3) is 0 Å². The first-order chi connectivity index (χ1) is 32.5. The average Bonchev–Trinajstić information content (AvgIpc) is 3.31. The van der Waals surface area contributed by atoms with Crippen LogP contribution in [0.15, 0.2) is 85.1 Å². The predicted octanol–water partition coefficient (Wildman–Crippen LogP) is 18.4. The highest BCUT2D eigenvalue weighted by atomic mass is 16.6. The van der Waals surface area contributed by atoms with E-state index in [1.807, 2.05) is 0 Å². The zero-order valence-corrected chi connectivity index (χ0v) is 43.2. The van der Waals surface area contributed by atoms with Gasteiger partial charge in [0.05, 0.1) is 0 Å². The first kappa shape index (κ1) is 62.6. The van der Waals surface area contributed by atoms with Crippen molar-refractivity contribution in [2.24, 2.45) is 0 Å². The highest BCUT2D eigenvalue weighted by Crippen LogP contribution is 2.15. The summed E-state index contributed by atoms with van der Waals surface area (Å²) in [6.07, 6.45) is 70.0. The van der Waals surface area contributed by atoms with Crippen LogP contribution in [0.5, 0.6) is 0 Å². The van der Waals surface area contributed by atoms with E-state index in [2.05, 4.69) is 106 Å². The normalized spacial score (nSPS) is 12.7. The van der Waals surface area contributed by atoms with E-state index in [1.165, 1.54) is 103 Å². The molecule has 0 aliphatic carbocycles. The van der Waals surface area contributed by atoms with Crippen molar-refractivity contribution in [3.05, 3.63) is 85.1 Å². The lowest BCUT2D eigenvalue weighted by molar-refractivity contribution is -0.167. The number of hydrogen-bond acceptors (Lipinski definition) is 6. The third kappa shape index (κ3) is 51.6. The minimum absolute atomic E-state index is 0.0911. The third-order valence-corrected chi connectivity index (χ3v) is 11.7. The van der Waals surface area contributed by atoms with E-state index in [-0.39, 0.29) is 31.1 Å². The fourth-order valence-corrected chi connectivity index (χ4v) is 7.57. The molecule has 0 saturated carbocycles. The number of rotatable bonds is 49. The molecule has 66 heavy (non-hydrogen) atoms. The number of ether oxygens (including phenoxy) is 3. The van der Waals surface area contributed by atoms with E-state index in [0.29, 0.717) is 19.3 Å². The first-order valence-electron chi connectivity index (χ1n) is 27.6. The maximum atomic E-state index is 12.8. The van der Waals surface area contributed by atoms with Crippen molar-refractivity contribution in [2.45, 2.75) is 264 Å². The molecule has 6 heteroatoms. The smallest absolute Gasteiger partial charge is 0.306 e. The van der Waals surface area contributed by atoms with E-state index in [4.69, 9.17) is 14.2 Å². The summed E-state index contributed by atoms with van der Waals surface area (Å²) in [5.41, 5.74) is 0. The zero-order valence-electron chi connectivity index (χ0n) is 43.2. The van der Waals surface area contributed by atoms with Crippen molar-refractivity contribution < 1.29 is 28.6 Å². The molecule has 0 aliphatic heterocycles. The van der Waals surface area contributed by atoms with E-state index in [1.54, 1.807) is 0 Å². The Morgan fingerprint density at radius 3 is 1.11 bits per heavy atom. The molecule has 0 saturated heterocycles. The summed E-state index contributed by atoms with van der Waals surface area (Å²) in [6.45, 7) is 6.37. The number of hydrogen-bond donors (Lipinski definition) is 0. The minimum Gasteiger partial charge on any atom is -0.462 e. The molecule has 0 aromatic carbocycles. The molecule has 0 aromatic heterocycles. The van der Waals surface area contributed by atoms with Crippen LogP contribution >= 0.6 is 0 Å². The van der Waals surface area contributed by atoms with Gasteiger partial charge in [-0.25, -0.2) is 0 Å². The Balaban J connectivity index is 4.40. The number of unbranched alkanes of at least 4 members (excludes halogenated alkanes) is 26. The summed E-state index contributed by atoms with van der Waals surface area (Å²) >= 11 is 0. The molecule has 0 bridgehead atoms. The number of carbonyl (C=O) groups excluding carboxylic acids is 3. The van der Waals surface area contributed by atoms with Gasteiger partial charge in [-0.3, -0.25) is 14.4 Å². The maximum absolute atomic E-state index is 12.8. The minimum atomic E-state index is -0.794. The number of esters is 3. The van der Waals surface area contributed by atoms with E-state index < -0.39 is 6.10 Å². The van der Waals surface area contributed by atoms with Crippen LogP contribution in [-0.4, -0.2) is 37.2 Å². The van der Waals surface area contributed by atoms with Crippen LogP contribution in [0.1, 0.15) is 258 Å². The van der Waals surface area contributed by atoms with Crippen LogP contribution in [0, 0.1) is 0 Å². The largest absolute Gasteiger partial charge is 0.462 e. The third-order valence-electron chi connectivity index (χ3n) is 11.7. The molecule has 0 N–H and O–H groups in total. The van der Waals surface area contributed by atoms with Gasteiger partial charge in [0, 0.05) is 19.3 Å². The lowest BCUT2D eigenvalue weighted by Gasteiger charge is -2.18. The Kier molecular flexibility index (Phi) is 51.4. The number of carbonyl (C=O) groups is 3. The van der Waals surface area contributed by atoms with Crippen LogP contribution in [0.4, 0.5) is 0 Å². The molecule has 1 atom stereocenters. The summed E-state index contributed by atoms with van der Waals surface area (Å²) in [5, 5.41) is 0. The van der Waals surface area contributed by atoms with Crippen LogP contribution in [0.2, 0.25) is 0 Å². The number of allylic oxidation sites excluding steroid dienone is 14. The molecule has 1 unspecified atom stereocenters. The molecule has 0 aromatic rings. The summed E-state index contributed by atoms with van der Waals surface area (Å²) in [7, 11) is 0. The topological polar surface area (TPSA) is 78.9 Å². The quantitative estimate of drug-likeness (QED) is 0.0199. The Morgan fingerprint density at radius 1 is 0.333 bits per heavy atom. The van der Waals surface area contributed by atoms with Gasteiger partial charge < -0.3 is 14.2 Å². The lowest BCUT2D eigenvalue weighted by Crippen LogP contribution is -2.30. The molecule has 0 spiro atoms. The van der Waals surface area contributed by atoms with Gasteiger partial charge in [0.15, 0.2) is 6.10 Å². The molecular formula is C60H102O6. The van der Waals surface area contributed by atoms with Crippen LogP contribution in [0.3, 0.4) is 0 Å². The van der Waals surface area contributed by atoms with E-state index in [9.17, 15) is 14.4 Å². The molecule has 378 valence electrons. The van der Waals surface area contributed by atoms with Gasteiger partial charge in [0.1, 0.15) is 13.2 Å². The predicted molar refractivity (Wildman–Crippen MR) is 284 cm³/mol. The van der Waals surface area contributed by atoms with Crippen molar-refractivity contribution in [3.8, 4) is 0 Å². The summed E-state index contributed by atoms with van der Waals surface area (Å²) < 4.78 is 16.8. The molecule has 0 fully saturated rings. The van der Waals surface area contributed by atoms with E-state index in [0.717, 1.165) is 116 Å². The first-order valence-corrected chi connectivity index (χ1v) is 27.6. The Hall–Kier alpha value is -3.41. The average molecular weight is 919 g/mol. The van der Waals surface area contributed by atoms with E-state index >= 15 is 0 Å². The highest BCUT2D eigenvalue weighted by molar-refractivity contribution is 5.71. The van der Waals surface area contributed by atoms with Crippen molar-refractivity contribution in [1.29, 1.82) is 0 Å². The standard InChI is InChI=1S/C60H102O6/c1-4-7-10-13-16-19-22-25-27-29-30-31-33-35-38-41-44-47-50-53-59(62)65-56-57(55-64-58(61)52-49-46-43-40-37-34-24-21-18-15-12-9-6-3)66-60(63)54-51-48-45-42-39-36-32-28-26-23-20-17-14-11-8-5-2/h8-9,11-12,15,17-18,20-21,24,26,28-30,57H,4-7,10,13-14,16,19,22-23,25,27,31-56H2,1-3H3/b11-8-,12-9-,18-15-,20-17-,24-21-,28-26-,30-29-. The second kappa shape index (κ2) is 54.2. The maximum Gasteiger partial charge on any atom is 0.306 e. The molecule has 0 amide bonds. The molecular weight excluding hydrogens is 817 g/mol. The zero-order chi connectivity index (χ0) is 47.9. The fourth-order valence-electron chi connectivity index (χ4n) is 7.57. The highest BCUT2D eigenvalue weighted by Gasteiger charge is 2.19. The van der Waals surface area contributed by atoms with Crippen LogP contribution in [-0.2, 0) is 28.6 Å². The molecule has 6 nitrogen and oxygen atoms in total. The van der Waals surface area contributed by atoms with Gasteiger partial charge in [-0.15, -0.1) is 0 Å². The van der Waals surface area contributed by atoms with Gasteiger partial charge in [-0.05, 0) is 96.3 Å². The second-order valence-electron chi connectivity index (χ2n) is 18.1. The molecule has 0 heterocycles. The van der Waals surface area contributed by atoms with Gasteiger partial charge in [-0.1, -0.05) is 228 Å². The molecule has 0 aliphatic rings. The Bertz CT molecular complexity index is 1290. The van der Waals surface area contributed by atoms with Crippen molar-refractivity contribution >= 4 is 17.9 Å². The molecule has 0 rings (SSSR count). The van der Waals surface area contributed by atoms with Gasteiger partial charge in [0.25, 0.3) is 0 Å². The fraction of sp³-hybridized carbons (Fsp3) is 0.717. The molecule has 0 radical (unpaired) electrons. The van der Waals surface area contributed by atoms with Gasteiger partial charge in [0.2, 0.25) is 0 Å². The Labute approximate surface area is 407 Å². The van der Waals surface area contributed by atoms with Gasteiger partial charge >= 0.3 is 17.9 Å². The van der Waals surface area contributed by atoms with Crippen molar-refractivity contribution in [3.63, 3.8) is 0 Å². The summed E-state index contributed by atoms with van der Waals surface area (Å²) in [4.78, 5) is 38.1. The lowest BCUT2D eigenvalue weighted by atomic mass is 10.1. The second-order valence-corrected chi connectivity index (χ2v) is 18.1. The van der Waals surface area contributed by atoms with Gasteiger partial charge in [-0.2, -0.15) is 0 Å². The summed E-state index contributed by atoms with van der Waals surface area (Å²) in [5.74, 6) is -0.927. The SMILES string of the molecule is CC\C=C/C=C\C=C/CCCCCCCC(=O)OCC(COC(=O)CCCCCCCCC/C=C\CCCCCCCCCC)OC(=O)CCCCCCCC/C=C\C/C=C\C/C=C\CC. The Morgan fingerprint density at radius 2 is 0.667 bits per heavy atom. The van der Waals surface area contributed by atoms with Crippen LogP contribution < -0.4 is 0 Å². The van der Waals surface area contributed by atoms with Crippen molar-refractivity contribution in [2.75, 3.05) is 13.2 Å². The summed E-state index contributed by atoms with van der Waals surface area (Å²) in [6, 6.07) is 0. The monoisotopic (exact) mass is 919 g/mol. The van der Waals surface area contributed by atoms with Crippen molar-refractivity contribution in [1.82, 2.24) is 0 Å².